The third kappa shape index (κ3) is 4.52. The molecule has 25 heavy (non-hydrogen) atoms. The van der Waals surface area contributed by atoms with Crippen LogP contribution in [-0.4, -0.2) is 10.9 Å². The monoisotopic (exact) mass is 354 g/mol. The fourth-order valence-electron chi connectivity index (χ4n) is 2.15. The Morgan fingerprint density at radius 1 is 1.08 bits per heavy atom. The zero-order valence-electron chi connectivity index (χ0n) is 13.2. The minimum Gasteiger partial charge on any atom is -0.508 e. The van der Waals surface area contributed by atoms with Gasteiger partial charge in [-0.1, -0.05) is 23.7 Å². The van der Waals surface area contributed by atoms with E-state index >= 15 is 0 Å². The lowest BCUT2D eigenvalue weighted by atomic mass is 10.1. The van der Waals surface area contributed by atoms with Crippen LogP contribution in [0.3, 0.4) is 0 Å². The van der Waals surface area contributed by atoms with Crippen LogP contribution in [-0.2, 0) is 6.61 Å². The van der Waals surface area contributed by atoms with Gasteiger partial charge >= 0.3 is 0 Å². The molecule has 126 valence electrons. The van der Waals surface area contributed by atoms with Crippen molar-refractivity contribution in [2.75, 3.05) is 0 Å². The third-order valence-electron chi connectivity index (χ3n) is 3.44. The molecule has 0 fully saturated rings. The van der Waals surface area contributed by atoms with E-state index in [2.05, 4.69) is 0 Å². The van der Waals surface area contributed by atoms with Gasteiger partial charge in [-0.25, -0.2) is 0 Å². The first kappa shape index (κ1) is 16.9. The summed E-state index contributed by atoms with van der Waals surface area (Å²) in [6.45, 7) is 0.240. The molecule has 3 aromatic rings. The van der Waals surface area contributed by atoms with E-state index in [4.69, 9.17) is 20.8 Å². The highest BCUT2D eigenvalue weighted by Crippen LogP contribution is 2.24. The molecule has 0 amide bonds. The maximum absolute atomic E-state index is 12.0. The number of halogens is 1. The van der Waals surface area contributed by atoms with Crippen molar-refractivity contribution in [3.05, 3.63) is 88.8 Å². The number of hydrogen-bond donors (Lipinski definition) is 1. The van der Waals surface area contributed by atoms with Crippen molar-refractivity contribution >= 4 is 23.5 Å². The maximum Gasteiger partial charge on any atom is 0.185 e. The zero-order valence-corrected chi connectivity index (χ0v) is 13.9. The first-order valence-electron chi connectivity index (χ1n) is 7.59. The van der Waals surface area contributed by atoms with Crippen molar-refractivity contribution in [2.24, 2.45) is 0 Å². The lowest BCUT2D eigenvalue weighted by Gasteiger charge is -2.05. The number of aromatic hydroxyl groups is 1. The highest BCUT2D eigenvalue weighted by atomic mass is 35.5. The summed E-state index contributed by atoms with van der Waals surface area (Å²) in [6, 6.07) is 16.8. The molecule has 1 N–H and O–H groups in total. The number of benzene rings is 2. The van der Waals surface area contributed by atoms with Crippen LogP contribution < -0.4 is 4.74 Å². The van der Waals surface area contributed by atoms with E-state index in [1.54, 1.807) is 42.5 Å². The van der Waals surface area contributed by atoms with E-state index in [1.807, 2.05) is 12.1 Å². The van der Waals surface area contributed by atoms with Gasteiger partial charge in [-0.2, -0.15) is 0 Å². The number of phenols is 1. The molecule has 0 unspecified atom stereocenters. The van der Waals surface area contributed by atoms with Gasteiger partial charge in [-0.15, -0.1) is 0 Å². The van der Waals surface area contributed by atoms with Crippen molar-refractivity contribution in [3.63, 3.8) is 0 Å². The van der Waals surface area contributed by atoms with Crippen molar-refractivity contribution < 1.29 is 19.1 Å². The van der Waals surface area contributed by atoms with E-state index in [9.17, 15) is 9.90 Å². The number of rotatable bonds is 6. The molecule has 0 spiro atoms. The Morgan fingerprint density at radius 2 is 1.84 bits per heavy atom. The summed E-state index contributed by atoms with van der Waals surface area (Å²) < 4.78 is 11.2. The number of furan rings is 1. The number of carbonyl (C=O) groups is 1. The molecule has 1 heterocycles. The topological polar surface area (TPSA) is 59.7 Å². The molecule has 4 nitrogen and oxygen atoms in total. The summed E-state index contributed by atoms with van der Waals surface area (Å²) in [6.07, 6.45) is 3.01. The van der Waals surface area contributed by atoms with E-state index < -0.39 is 0 Å². The van der Waals surface area contributed by atoms with Gasteiger partial charge < -0.3 is 14.3 Å². The number of phenolic OH excluding ortho intramolecular Hbond substituents is 1. The molecular weight excluding hydrogens is 340 g/mol. The molecule has 2 aromatic carbocycles. The summed E-state index contributed by atoms with van der Waals surface area (Å²) in [5.74, 6) is 1.70. The largest absolute Gasteiger partial charge is 0.508 e. The van der Waals surface area contributed by atoms with Crippen LogP contribution >= 0.6 is 11.6 Å². The molecule has 0 bridgehead atoms. The molecular formula is C20H15ClO4. The lowest BCUT2D eigenvalue weighted by Crippen LogP contribution is -1.94. The number of allylic oxidation sites excluding steroid dienone is 1. The van der Waals surface area contributed by atoms with Crippen LogP contribution in [0.4, 0.5) is 0 Å². The summed E-state index contributed by atoms with van der Waals surface area (Å²) in [5.41, 5.74) is 0.489. The van der Waals surface area contributed by atoms with Crippen molar-refractivity contribution in [1.82, 2.24) is 0 Å². The Bertz CT molecular complexity index is 894. The van der Waals surface area contributed by atoms with Crippen LogP contribution in [0.15, 0.2) is 71.2 Å². The Labute approximate surface area is 149 Å². The number of para-hydroxylation sites is 1. The second kappa shape index (κ2) is 7.73. The van der Waals surface area contributed by atoms with Crippen LogP contribution in [0.1, 0.15) is 21.9 Å². The Hall–Kier alpha value is -2.98. The Balaban J connectivity index is 1.60. The molecule has 0 aliphatic heterocycles. The van der Waals surface area contributed by atoms with E-state index in [0.29, 0.717) is 27.9 Å². The smallest absolute Gasteiger partial charge is 0.185 e. The first-order chi connectivity index (χ1) is 12.1. The number of carbonyl (C=O) groups excluding carboxylic acids is 1. The zero-order chi connectivity index (χ0) is 17.6. The van der Waals surface area contributed by atoms with Gasteiger partial charge in [0.15, 0.2) is 5.78 Å². The molecule has 0 saturated heterocycles. The van der Waals surface area contributed by atoms with Crippen LogP contribution in [0.25, 0.3) is 6.08 Å². The minimum absolute atomic E-state index is 0.120. The molecule has 0 saturated carbocycles. The predicted octanol–water partition coefficient (Wildman–Crippen LogP) is 5.11. The van der Waals surface area contributed by atoms with Crippen LogP contribution in [0, 0.1) is 0 Å². The second-order valence-corrected chi connectivity index (χ2v) is 5.67. The number of ether oxygens (including phenoxy) is 1. The summed E-state index contributed by atoms with van der Waals surface area (Å²) in [4.78, 5) is 12.0. The minimum atomic E-state index is -0.176. The van der Waals surface area contributed by atoms with Gasteiger partial charge in [0.25, 0.3) is 0 Å². The van der Waals surface area contributed by atoms with Crippen molar-refractivity contribution in [1.29, 1.82) is 0 Å². The molecule has 5 heteroatoms. The summed E-state index contributed by atoms with van der Waals surface area (Å²) >= 11 is 6.03. The molecule has 0 atom stereocenters. The summed E-state index contributed by atoms with van der Waals surface area (Å²) in [5, 5.41) is 9.77. The van der Waals surface area contributed by atoms with Crippen molar-refractivity contribution in [2.45, 2.75) is 6.61 Å². The van der Waals surface area contributed by atoms with Gasteiger partial charge in [0, 0.05) is 5.56 Å². The lowest BCUT2D eigenvalue weighted by molar-refractivity contribution is 0.104. The normalized spacial score (nSPS) is 10.9. The maximum atomic E-state index is 12.0. The Morgan fingerprint density at radius 3 is 2.60 bits per heavy atom. The van der Waals surface area contributed by atoms with Crippen LogP contribution in [0.5, 0.6) is 11.5 Å². The summed E-state index contributed by atoms with van der Waals surface area (Å²) in [7, 11) is 0. The van der Waals surface area contributed by atoms with Gasteiger partial charge in [-0.05, 0) is 60.7 Å². The van der Waals surface area contributed by atoms with Gasteiger partial charge in [0.05, 0.1) is 5.02 Å². The number of ketones is 1. The third-order valence-corrected chi connectivity index (χ3v) is 3.75. The van der Waals surface area contributed by atoms with Crippen molar-refractivity contribution in [3.8, 4) is 11.5 Å². The fraction of sp³-hybridized carbons (Fsp3) is 0.0500. The van der Waals surface area contributed by atoms with Gasteiger partial charge in [0.2, 0.25) is 0 Å². The Kier molecular flexibility index (Phi) is 5.21. The second-order valence-electron chi connectivity index (χ2n) is 5.27. The van der Waals surface area contributed by atoms with E-state index in [0.717, 1.165) is 0 Å². The highest BCUT2D eigenvalue weighted by Gasteiger charge is 2.05. The average molecular weight is 355 g/mol. The standard InChI is InChI=1S/C20H15ClO4/c21-18-3-1-2-4-20(18)24-13-17-10-9-16(25-17)11-12-19(23)14-5-7-15(22)8-6-14/h1-12,22H,13H2/b12-11+. The molecule has 3 rings (SSSR count). The molecule has 0 aliphatic rings. The van der Waals surface area contributed by atoms with Crippen LogP contribution in [0.2, 0.25) is 5.02 Å². The SMILES string of the molecule is O=C(/C=C/c1ccc(COc2ccccc2Cl)o1)c1ccc(O)cc1. The molecule has 1 aromatic heterocycles. The van der Waals surface area contributed by atoms with E-state index in [-0.39, 0.29) is 18.1 Å². The highest BCUT2D eigenvalue weighted by molar-refractivity contribution is 6.32. The number of hydrogen-bond acceptors (Lipinski definition) is 4. The van der Waals surface area contributed by atoms with Gasteiger partial charge in [-0.3, -0.25) is 4.79 Å². The molecule has 0 aliphatic carbocycles. The fourth-order valence-corrected chi connectivity index (χ4v) is 2.34. The predicted molar refractivity (Wildman–Crippen MR) is 96.0 cm³/mol. The molecule has 0 radical (unpaired) electrons. The quantitative estimate of drug-likeness (QED) is 0.493. The average Bonchev–Trinajstić information content (AvgIpc) is 3.07. The first-order valence-corrected chi connectivity index (χ1v) is 7.97. The van der Waals surface area contributed by atoms with E-state index in [1.165, 1.54) is 18.2 Å². The van der Waals surface area contributed by atoms with Gasteiger partial charge in [0.1, 0.15) is 29.6 Å².